The molecule has 4 N–H and O–H groups in total. The average Bonchev–Trinajstić information content (AvgIpc) is 2.31. The van der Waals surface area contributed by atoms with Crippen molar-refractivity contribution in [2.75, 3.05) is 23.9 Å². The molecule has 1 atom stereocenters. The van der Waals surface area contributed by atoms with Gasteiger partial charge in [0.1, 0.15) is 5.82 Å². The van der Waals surface area contributed by atoms with Crippen molar-refractivity contribution in [3.8, 4) is 0 Å². The standard InChI is InChI=1S/C12H17FN2O2S/c1-7(18-2)3-4-15-11-5-8(12(16)17)10(14)6-9(11)13/h5-7,15H,3-4,14H2,1-2H3,(H,16,17). The summed E-state index contributed by atoms with van der Waals surface area (Å²) in [6.45, 7) is 2.66. The molecule has 0 fully saturated rings. The number of hydrogen-bond donors (Lipinski definition) is 3. The minimum atomic E-state index is -1.16. The Morgan fingerprint density at radius 1 is 1.61 bits per heavy atom. The van der Waals surface area contributed by atoms with Gasteiger partial charge in [0.2, 0.25) is 0 Å². The number of carboxylic acids is 1. The van der Waals surface area contributed by atoms with E-state index in [9.17, 15) is 9.18 Å². The zero-order chi connectivity index (χ0) is 13.7. The number of halogens is 1. The first-order valence-corrected chi connectivity index (χ1v) is 6.83. The molecule has 0 bridgehead atoms. The van der Waals surface area contributed by atoms with E-state index < -0.39 is 11.8 Å². The van der Waals surface area contributed by atoms with Crippen LogP contribution in [0.5, 0.6) is 0 Å². The number of hydrogen-bond acceptors (Lipinski definition) is 4. The van der Waals surface area contributed by atoms with Crippen LogP contribution in [-0.4, -0.2) is 29.1 Å². The van der Waals surface area contributed by atoms with Crippen LogP contribution in [0.15, 0.2) is 12.1 Å². The molecule has 0 spiro atoms. The third-order valence-electron chi connectivity index (χ3n) is 2.64. The molecule has 0 saturated carbocycles. The monoisotopic (exact) mass is 272 g/mol. The van der Waals surface area contributed by atoms with Crippen molar-refractivity contribution in [3.05, 3.63) is 23.5 Å². The number of thioether (sulfide) groups is 1. The summed E-state index contributed by atoms with van der Waals surface area (Å²) in [5, 5.41) is 12.3. The molecule has 0 aromatic heterocycles. The molecular formula is C12H17FN2O2S. The Bertz CT molecular complexity index is 440. The first-order chi connectivity index (χ1) is 8.45. The molecule has 0 aliphatic heterocycles. The predicted octanol–water partition coefficient (Wildman–Crippen LogP) is 2.66. The highest BCUT2D eigenvalue weighted by molar-refractivity contribution is 7.99. The zero-order valence-corrected chi connectivity index (χ0v) is 11.2. The van der Waals surface area contributed by atoms with Gasteiger partial charge in [-0.3, -0.25) is 0 Å². The van der Waals surface area contributed by atoms with Crippen LogP contribution in [0.25, 0.3) is 0 Å². The number of nitrogen functional groups attached to an aromatic ring is 1. The van der Waals surface area contributed by atoms with E-state index in [0.29, 0.717) is 11.8 Å². The molecule has 0 saturated heterocycles. The van der Waals surface area contributed by atoms with Crippen molar-refractivity contribution in [2.45, 2.75) is 18.6 Å². The van der Waals surface area contributed by atoms with Gasteiger partial charge in [0, 0.05) is 17.5 Å². The highest BCUT2D eigenvalue weighted by Crippen LogP contribution is 2.22. The van der Waals surface area contributed by atoms with Gasteiger partial charge < -0.3 is 16.2 Å². The summed E-state index contributed by atoms with van der Waals surface area (Å²) in [6, 6.07) is 2.26. The van der Waals surface area contributed by atoms with E-state index in [-0.39, 0.29) is 16.9 Å². The van der Waals surface area contributed by atoms with Crippen LogP contribution in [-0.2, 0) is 0 Å². The molecule has 1 rings (SSSR count). The average molecular weight is 272 g/mol. The molecule has 6 heteroatoms. The van der Waals surface area contributed by atoms with Crippen LogP contribution in [0.1, 0.15) is 23.7 Å². The molecule has 1 aromatic rings. The van der Waals surface area contributed by atoms with Gasteiger partial charge in [-0.25, -0.2) is 9.18 Å². The Kier molecular flexibility index (Phi) is 5.27. The predicted molar refractivity (Wildman–Crippen MR) is 73.9 cm³/mol. The van der Waals surface area contributed by atoms with E-state index in [1.165, 1.54) is 6.07 Å². The lowest BCUT2D eigenvalue weighted by Gasteiger charge is -2.12. The first-order valence-electron chi connectivity index (χ1n) is 5.54. The molecule has 18 heavy (non-hydrogen) atoms. The topological polar surface area (TPSA) is 75.3 Å². The van der Waals surface area contributed by atoms with E-state index in [2.05, 4.69) is 12.2 Å². The lowest BCUT2D eigenvalue weighted by Crippen LogP contribution is -2.11. The van der Waals surface area contributed by atoms with Gasteiger partial charge in [0.25, 0.3) is 0 Å². The smallest absolute Gasteiger partial charge is 0.337 e. The van der Waals surface area contributed by atoms with Crippen LogP contribution >= 0.6 is 11.8 Å². The highest BCUT2D eigenvalue weighted by atomic mass is 32.2. The Morgan fingerprint density at radius 2 is 2.28 bits per heavy atom. The van der Waals surface area contributed by atoms with Crippen molar-refractivity contribution >= 4 is 29.1 Å². The largest absolute Gasteiger partial charge is 0.478 e. The van der Waals surface area contributed by atoms with E-state index >= 15 is 0 Å². The SMILES string of the molecule is CSC(C)CCNc1cc(C(=O)O)c(N)cc1F. The fourth-order valence-corrected chi connectivity index (χ4v) is 1.79. The fourth-order valence-electron chi connectivity index (χ4n) is 1.44. The number of carbonyl (C=O) groups is 1. The van der Waals surface area contributed by atoms with Crippen LogP contribution < -0.4 is 11.1 Å². The molecule has 0 aliphatic carbocycles. The molecule has 0 heterocycles. The van der Waals surface area contributed by atoms with Gasteiger partial charge >= 0.3 is 5.97 Å². The lowest BCUT2D eigenvalue weighted by atomic mass is 10.1. The molecular weight excluding hydrogens is 255 g/mol. The van der Waals surface area contributed by atoms with E-state index in [1.807, 2.05) is 6.26 Å². The van der Waals surface area contributed by atoms with E-state index in [4.69, 9.17) is 10.8 Å². The molecule has 0 aliphatic rings. The summed E-state index contributed by atoms with van der Waals surface area (Å²) in [5.41, 5.74) is 5.46. The summed E-state index contributed by atoms with van der Waals surface area (Å²) in [5.74, 6) is -1.69. The minimum Gasteiger partial charge on any atom is -0.478 e. The summed E-state index contributed by atoms with van der Waals surface area (Å²) in [6.07, 6.45) is 2.88. The summed E-state index contributed by atoms with van der Waals surface area (Å²) in [4.78, 5) is 10.9. The number of anilines is 2. The molecule has 0 radical (unpaired) electrons. The lowest BCUT2D eigenvalue weighted by molar-refractivity contribution is 0.0698. The molecule has 4 nitrogen and oxygen atoms in total. The molecule has 100 valence electrons. The number of nitrogens with one attached hydrogen (secondary N) is 1. The second-order valence-electron chi connectivity index (χ2n) is 3.99. The van der Waals surface area contributed by atoms with Gasteiger partial charge in [-0.2, -0.15) is 11.8 Å². The van der Waals surface area contributed by atoms with Crippen molar-refractivity contribution in [1.82, 2.24) is 0 Å². The maximum absolute atomic E-state index is 13.6. The number of carboxylic acid groups (broad SMARTS) is 1. The fraction of sp³-hybridized carbons (Fsp3) is 0.417. The number of benzene rings is 1. The number of nitrogens with two attached hydrogens (primary N) is 1. The van der Waals surface area contributed by atoms with Gasteiger partial charge in [0.15, 0.2) is 0 Å². The van der Waals surface area contributed by atoms with Gasteiger partial charge in [-0.05, 0) is 24.8 Å². The van der Waals surface area contributed by atoms with Crippen LogP contribution in [0.4, 0.5) is 15.8 Å². The van der Waals surface area contributed by atoms with E-state index in [0.717, 1.165) is 12.5 Å². The van der Waals surface area contributed by atoms with Gasteiger partial charge in [-0.15, -0.1) is 0 Å². The molecule has 1 aromatic carbocycles. The van der Waals surface area contributed by atoms with Gasteiger partial charge in [-0.1, -0.05) is 6.92 Å². The Labute approximate surface area is 110 Å². The highest BCUT2D eigenvalue weighted by Gasteiger charge is 2.13. The number of rotatable bonds is 6. The molecule has 0 amide bonds. The van der Waals surface area contributed by atoms with Crippen LogP contribution in [0, 0.1) is 5.82 Å². The Hall–Kier alpha value is -1.43. The third kappa shape index (κ3) is 3.80. The normalized spacial score (nSPS) is 12.2. The maximum Gasteiger partial charge on any atom is 0.337 e. The minimum absolute atomic E-state index is 0.0666. The quantitative estimate of drug-likeness (QED) is 0.694. The van der Waals surface area contributed by atoms with Crippen LogP contribution in [0.3, 0.4) is 0 Å². The van der Waals surface area contributed by atoms with Gasteiger partial charge in [0.05, 0.1) is 11.3 Å². The van der Waals surface area contributed by atoms with Crippen molar-refractivity contribution < 1.29 is 14.3 Å². The Balaban J connectivity index is 2.76. The molecule has 1 unspecified atom stereocenters. The second kappa shape index (κ2) is 6.49. The maximum atomic E-state index is 13.6. The number of aromatic carboxylic acids is 1. The third-order valence-corrected chi connectivity index (χ3v) is 3.68. The summed E-state index contributed by atoms with van der Waals surface area (Å²) in [7, 11) is 0. The zero-order valence-electron chi connectivity index (χ0n) is 10.4. The summed E-state index contributed by atoms with van der Waals surface area (Å²) < 4.78 is 13.6. The second-order valence-corrected chi connectivity index (χ2v) is 5.26. The Morgan fingerprint density at radius 3 is 2.83 bits per heavy atom. The first kappa shape index (κ1) is 14.6. The van der Waals surface area contributed by atoms with Crippen molar-refractivity contribution in [1.29, 1.82) is 0 Å². The van der Waals surface area contributed by atoms with E-state index in [1.54, 1.807) is 11.8 Å². The van der Waals surface area contributed by atoms with Crippen molar-refractivity contribution in [3.63, 3.8) is 0 Å². The van der Waals surface area contributed by atoms with Crippen molar-refractivity contribution in [2.24, 2.45) is 0 Å². The van der Waals surface area contributed by atoms with Crippen LogP contribution in [0.2, 0.25) is 0 Å². The summed E-state index contributed by atoms with van der Waals surface area (Å²) >= 11 is 1.73.